The smallest absolute Gasteiger partial charge is 0.389 e. The zero-order valence-corrected chi connectivity index (χ0v) is 11.5. The van der Waals surface area contributed by atoms with Gasteiger partial charge < -0.3 is 10.1 Å². The number of carboxylic acids is 1. The summed E-state index contributed by atoms with van der Waals surface area (Å²) < 4.78 is 60.9. The highest BCUT2D eigenvalue weighted by atomic mass is 32.2. The summed E-state index contributed by atoms with van der Waals surface area (Å²) in [6.45, 7) is 0. The van der Waals surface area contributed by atoms with E-state index in [1.165, 1.54) is 12.5 Å². The van der Waals surface area contributed by atoms with Crippen molar-refractivity contribution >= 4 is 16.0 Å². The van der Waals surface area contributed by atoms with E-state index in [4.69, 9.17) is 5.11 Å². The van der Waals surface area contributed by atoms with Gasteiger partial charge in [-0.15, -0.1) is 0 Å². The standard InChI is InChI=1S/C10H14F3N3O4S/c11-10(12,13)2-1-3-21(19,20)16-8(9(17)18)4-7-5-14-6-15-7/h5-6,8,16H,1-4H2,(H,14,15)(H,17,18). The van der Waals surface area contributed by atoms with Crippen LogP contribution in [-0.2, 0) is 21.2 Å². The number of hydrogen-bond donors (Lipinski definition) is 3. The number of nitrogens with zero attached hydrogens (tertiary/aromatic N) is 1. The summed E-state index contributed by atoms with van der Waals surface area (Å²) in [5.41, 5.74) is 0.389. The number of alkyl halides is 3. The van der Waals surface area contributed by atoms with E-state index in [-0.39, 0.29) is 6.42 Å². The van der Waals surface area contributed by atoms with Gasteiger partial charge >= 0.3 is 12.1 Å². The molecule has 0 bridgehead atoms. The third-order valence-electron chi connectivity index (χ3n) is 2.47. The first kappa shape index (κ1) is 17.4. The number of aliphatic carboxylic acids is 1. The Morgan fingerprint density at radius 3 is 2.62 bits per heavy atom. The minimum Gasteiger partial charge on any atom is -0.480 e. The number of nitrogens with one attached hydrogen (secondary N) is 2. The van der Waals surface area contributed by atoms with Gasteiger partial charge in [-0.05, 0) is 6.42 Å². The van der Waals surface area contributed by atoms with Gasteiger partial charge in [-0.25, -0.2) is 18.1 Å². The Labute approximate surface area is 118 Å². The van der Waals surface area contributed by atoms with Crippen LogP contribution < -0.4 is 4.72 Å². The SMILES string of the molecule is O=C(O)C(Cc1cnc[nH]1)NS(=O)(=O)CCCC(F)(F)F. The van der Waals surface area contributed by atoms with Crippen molar-refractivity contribution in [3.8, 4) is 0 Å². The average molecular weight is 329 g/mol. The number of carbonyl (C=O) groups is 1. The topological polar surface area (TPSA) is 112 Å². The maximum atomic E-state index is 12.0. The number of aromatic amines is 1. The second kappa shape index (κ2) is 6.89. The number of hydrogen-bond acceptors (Lipinski definition) is 4. The predicted molar refractivity (Wildman–Crippen MR) is 65.9 cm³/mol. The Bertz CT molecular complexity index is 557. The monoisotopic (exact) mass is 329 g/mol. The molecule has 0 aromatic carbocycles. The molecule has 1 rings (SSSR count). The molecule has 0 saturated carbocycles. The molecule has 0 amide bonds. The molecule has 0 radical (unpaired) electrons. The lowest BCUT2D eigenvalue weighted by Crippen LogP contribution is -2.43. The highest BCUT2D eigenvalue weighted by Gasteiger charge is 2.29. The van der Waals surface area contributed by atoms with Crippen molar-refractivity contribution in [2.24, 2.45) is 0 Å². The van der Waals surface area contributed by atoms with E-state index < -0.39 is 46.8 Å². The summed E-state index contributed by atoms with van der Waals surface area (Å²) in [7, 11) is -4.12. The van der Waals surface area contributed by atoms with Gasteiger partial charge in [-0.1, -0.05) is 0 Å². The fourth-order valence-electron chi connectivity index (χ4n) is 1.53. The molecular formula is C10H14F3N3O4S. The van der Waals surface area contributed by atoms with E-state index >= 15 is 0 Å². The van der Waals surface area contributed by atoms with Crippen molar-refractivity contribution in [3.05, 3.63) is 18.2 Å². The summed E-state index contributed by atoms with van der Waals surface area (Å²) in [6.07, 6.45) is -3.88. The molecule has 1 aromatic rings. The fourth-order valence-corrected chi connectivity index (χ4v) is 2.79. The van der Waals surface area contributed by atoms with Crippen molar-refractivity contribution < 1.29 is 31.5 Å². The van der Waals surface area contributed by atoms with Crippen LogP contribution in [0.3, 0.4) is 0 Å². The average Bonchev–Trinajstić information content (AvgIpc) is 2.78. The first-order valence-corrected chi connectivity index (χ1v) is 7.51. The molecule has 1 heterocycles. The second-order valence-corrected chi connectivity index (χ2v) is 6.20. The summed E-state index contributed by atoms with van der Waals surface area (Å²) in [5.74, 6) is -2.22. The molecule has 0 fully saturated rings. The molecule has 0 aliphatic rings. The quantitative estimate of drug-likeness (QED) is 0.649. The summed E-state index contributed by atoms with van der Waals surface area (Å²) in [5, 5.41) is 8.95. The molecule has 0 spiro atoms. The molecule has 11 heteroatoms. The number of rotatable bonds is 8. The van der Waals surface area contributed by atoms with Gasteiger partial charge in [0, 0.05) is 24.7 Å². The molecule has 0 aliphatic carbocycles. The van der Waals surface area contributed by atoms with E-state index in [9.17, 15) is 26.4 Å². The van der Waals surface area contributed by atoms with E-state index in [2.05, 4.69) is 9.97 Å². The minimum absolute atomic E-state index is 0.187. The molecule has 0 aliphatic heterocycles. The van der Waals surface area contributed by atoms with Crippen molar-refractivity contribution in [1.29, 1.82) is 0 Å². The van der Waals surface area contributed by atoms with Gasteiger partial charge in [0.2, 0.25) is 10.0 Å². The van der Waals surface area contributed by atoms with Gasteiger partial charge in [-0.3, -0.25) is 4.79 Å². The maximum Gasteiger partial charge on any atom is 0.389 e. The summed E-state index contributed by atoms with van der Waals surface area (Å²) >= 11 is 0. The normalized spacial score (nSPS) is 14.0. The van der Waals surface area contributed by atoms with Crippen molar-refractivity contribution in [1.82, 2.24) is 14.7 Å². The molecule has 1 atom stereocenters. The van der Waals surface area contributed by atoms with Crippen LogP contribution in [0.5, 0.6) is 0 Å². The van der Waals surface area contributed by atoms with Crippen LogP contribution in [0.1, 0.15) is 18.5 Å². The Kier molecular flexibility index (Phi) is 5.72. The number of carboxylic acid groups (broad SMARTS) is 1. The number of aromatic nitrogens is 2. The number of imidazole rings is 1. The number of sulfonamides is 1. The van der Waals surface area contributed by atoms with Crippen LogP contribution in [0.4, 0.5) is 13.2 Å². The first-order valence-electron chi connectivity index (χ1n) is 5.86. The van der Waals surface area contributed by atoms with Gasteiger partial charge in [-0.2, -0.15) is 13.2 Å². The third-order valence-corrected chi connectivity index (χ3v) is 3.94. The molecule has 3 N–H and O–H groups in total. The highest BCUT2D eigenvalue weighted by molar-refractivity contribution is 7.89. The van der Waals surface area contributed by atoms with E-state index in [0.717, 1.165) is 0 Å². The molecule has 1 unspecified atom stereocenters. The largest absolute Gasteiger partial charge is 0.480 e. The second-order valence-electron chi connectivity index (χ2n) is 4.33. The molecule has 120 valence electrons. The summed E-state index contributed by atoms with van der Waals surface area (Å²) in [4.78, 5) is 17.3. The number of halogens is 3. The first-order chi connectivity index (χ1) is 9.59. The molecule has 1 aromatic heterocycles. The van der Waals surface area contributed by atoms with Crippen LogP contribution in [-0.4, -0.2) is 47.4 Å². The zero-order chi connectivity index (χ0) is 16.1. The van der Waals surface area contributed by atoms with Gasteiger partial charge in [0.25, 0.3) is 0 Å². The summed E-state index contributed by atoms with van der Waals surface area (Å²) in [6, 6.07) is -1.47. The maximum absolute atomic E-state index is 12.0. The Morgan fingerprint density at radius 2 is 2.14 bits per heavy atom. The number of H-pyrrole nitrogens is 1. The Balaban J connectivity index is 2.59. The van der Waals surface area contributed by atoms with Crippen LogP contribution in [0.15, 0.2) is 12.5 Å². The van der Waals surface area contributed by atoms with Crippen molar-refractivity contribution in [2.75, 3.05) is 5.75 Å². The van der Waals surface area contributed by atoms with Gasteiger partial charge in [0.1, 0.15) is 6.04 Å². The van der Waals surface area contributed by atoms with E-state index in [0.29, 0.717) is 5.69 Å². The van der Waals surface area contributed by atoms with E-state index in [1.54, 1.807) is 0 Å². The lowest BCUT2D eigenvalue weighted by molar-refractivity contribution is -0.139. The Morgan fingerprint density at radius 1 is 1.48 bits per heavy atom. The highest BCUT2D eigenvalue weighted by Crippen LogP contribution is 2.21. The predicted octanol–water partition coefficient (Wildman–Crippen LogP) is 0.667. The zero-order valence-electron chi connectivity index (χ0n) is 10.7. The fraction of sp³-hybridized carbons (Fsp3) is 0.600. The minimum atomic E-state index is -4.45. The van der Waals surface area contributed by atoms with Gasteiger partial charge in [0.15, 0.2) is 0 Å². The van der Waals surface area contributed by atoms with E-state index in [1.807, 2.05) is 4.72 Å². The molecular weight excluding hydrogens is 315 g/mol. The van der Waals surface area contributed by atoms with Crippen LogP contribution in [0, 0.1) is 0 Å². The van der Waals surface area contributed by atoms with Crippen LogP contribution in [0.2, 0.25) is 0 Å². The Hall–Kier alpha value is -1.62. The van der Waals surface area contributed by atoms with Crippen LogP contribution in [0.25, 0.3) is 0 Å². The third kappa shape index (κ3) is 7.09. The molecule has 0 saturated heterocycles. The lowest BCUT2D eigenvalue weighted by atomic mass is 10.2. The van der Waals surface area contributed by atoms with Crippen molar-refractivity contribution in [2.45, 2.75) is 31.5 Å². The van der Waals surface area contributed by atoms with Crippen molar-refractivity contribution in [3.63, 3.8) is 0 Å². The molecule has 7 nitrogen and oxygen atoms in total. The lowest BCUT2D eigenvalue weighted by Gasteiger charge is -2.14. The molecule has 21 heavy (non-hydrogen) atoms. The van der Waals surface area contributed by atoms with Crippen LogP contribution >= 0.6 is 0 Å². The van der Waals surface area contributed by atoms with Gasteiger partial charge in [0.05, 0.1) is 12.1 Å².